The van der Waals surface area contributed by atoms with Gasteiger partial charge in [-0.1, -0.05) is 29.3 Å². The summed E-state index contributed by atoms with van der Waals surface area (Å²) in [5.74, 6) is 0.0433. The average molecular weight is 386 g/mol. The van der Waals surface area contributed by atoms with Crippen molar-refractivity contribution < 1.29 is 9.72 Å². The van der Waals surface area contributed by atoms with Gasteiger partial charge in [-0.05, 0) is 50.7 Å². The molecule has 2 aromatic rings. The molecule has 0 spiro atoms. The number of anilines is 1. The van der Waals surface area contributed by atoms with Gasteiger partial charge in [0.15, 0.2) is 0 Å². The molecule has 0 N–H and O–H groups in total. The second-order valence-corrected chi connectivity index (χ2v) is 7.79. The number of carbonyl (C=O) groups is 1. The highest BCUT2D eigenvalue weighted by Crippen LogP contribution is 2.45. The van der Waals surface area contributed by atoms with Crippen LogP contribution in [0, 0.1) is 17.0 Å². The molecule has 2 aliphatic rings. The van der Waals surface area contributed by atoms with Crippen molar-refractivity contribution in [3.63, 3.8) is 0 Å². The van der Waals surface area contributed by atoms with Crippen LogP contribution >= 0.6 is 11.6 Å². The van der Waals surface area contributed by atoms with E-state index in [0.29, 0.717) is 0 Å². The molecule has 1 amide bonds. The average Bonchev–Trinajstić information content (AvgIpc) is 2.94. The quantitative estimate of drug-likeness (QED) is 0.578. The van der Waals surface area contributed by atoms with E-state index >= 15 is 0 Å². The lowest BCUT2D eigenvalue weighted by molar-refractivity contribution is -0.384. The number of hydrogen-bond donors (Lipinski definition) is 0. The number of rotatable bonds is 2. The molecule has 2 aromatic carbocycles. The largest absolute Gasteiger partial charge is 0.306 e. The molecule has 0 unspecified atom stereocenters. The lowest BCUT2D eigenvalue weighted by Gasteiger charge is -2.36. The molecule has 2 heterocycles. The predicted molar refractivity (Wildman–Crippen MR) is 105 cm³/mol. The molecule has 1 fully saturated rings. The molecule has 1 saturated heterocycles. The number of fused-ring (bicyclic) bond motifs is 3. The van der Waals surface area contributed by atoms with Gasteiger partial charge in [-0.2, -0.15) is 0 Å². The lowest BCUT2D eigenvalue weighted by Crippen LogP contribution is -2.47. The highest BCUT2D eigenvalue weighted by molar-refractivity contribution is 6.32. The lowest BCUT2D eigenvalue weighted by atomic mass is 9.88. The number of likely N-dealkylation sites (N-methyl/N-ethyl adjacent to an activating group) is 1. The maximum Gasteiger partial charge on any atom is 0.288 e. The van der Waals surface area contributed by atoms with Gasteiger partial charge in [0.2, 0.25) is 0 Å². The number of carbonyl (C=O) groups excluding carboxylic acids is 1. The van der Waals surface area contributed by atoms with Crippen molar-refractivity contribution in [3.05, 3.63) is 68.2 Å². The minimum atomic E-state index is -0.557. The fraction of sp³-hybridized carbons (Fsp3) is 0.350. The van der Waals surface area contributed by atoms with Crippen molar-refractivity contribution in [1.82, 2.24) is 4.90 Å². The Hall–Kier alpha value is -2.44. The van der Waals surface area contributed by atoms with Gasteiger partial charge in [-0.25, -0.2) is 0 Å². The summed E-state index contributed by atoms with van der Waals surface area (Å²) < 4.78 is 0. The zero-order valence-electron chi connectivity index (χ0n) is 15.2. The number of nitrogens with zero attached hydrogens (tertiary/aromatic N) is 3. The minimum absolute atomic E-state index is 0.0335. The molecular formula is C20H20ClN3O3. The first-order chi connectivity index (χ1) is 12.9. The highest BCUT2D eigenvalue weighted by atomic mass is 35.5. The van der Waals surface area contributed by atoms with Gasteiger partial charge < -0.3 is 9.80 Å². The predicted octanol–water partition coefficient (Wildman–Crippen LogP) is 4.00. The fourth-order valence-corrected chi connectivity index (χ4v) is 4.46. The van der Waals surface area contributed by atoms with Gasteiger partial charge in [0.25, 0.3) is 11.6 Å². The molecule has 27 heavy (non-hydrogen) atoms. The van der Waals surface area contributed by atoms with Crippen LogP contribution in [0.25, 0.3) is 0 Å². The van der Waals surface area contributed by atoms with Crippen molar-refractivity contribution in [2.75, 3.05) is 25.0 Å². The van der Waals surface area contributed by atoms with Crippen LogP contribution in [0.4, 0.5) is 11.4 Å². The van der Waals surface area contributed by atoms with Crippen molar-refractivity contribution in [1.29, 1.82) is 0 Å². The minimum Gasteiger partial charge on any atom is -0.306 e. The number of piperidine rings is 1. The summed E-state index contributed by atoms with van der Waals surface area (Å²) >= 11 is 5.91. The first kappa shape index (κ1) is 17.9. The van der Waals surface area contributed by atoms with Crippen LogP contribution < -0.4 is 4.90 Å². The molecule has 140 valence electrons. The van der Waals surface area contributed by atoms with E-state index in [-0.39, 0.29) is 34.1 Å². The molecular weight excluding hydrogens is 366 g/mol. The molecule has 6 nitrogen and oxygen atoms in total. The zero-order chi connectivity index (χ0) is 19.3. The number of halogens is 1. The number of nitro groups is 1. The second-order valence-electron chi connectivity index (χ2n) is 7.39. The Morgan fingerprint density at radius 3 is 2.78 bits per heavy atom. The molecule has 2 aliphatic heterocycles. The van der Waals surface area contributed by atoms with Gasteiger partial charge >= 0.3 is 0 Å². The van der Waals surface area contributed by atoms with Crippen molar-refractivity contribution in [2.45, 2.75) is 25.3 Å². The van der Waals surface area contributed by atoms with Crippen LogP contribution in [-0.4, -0.2) is 41.9 Å². The summed E-state index contributed by atoms with van der Waals surface area (Å²) in [6.07, 6.45) is 0.871. The Kier molecular flexibility index (Phi) is 4.40. The Morgan fingerprint density at radius 1 is 1.26 bits per heavy atom. The molecule has 4 rings (SSSR count). The van der Waals surface area contributed by atoms with Crippen LogP contribution in [0.15, 0.2) is 36.4 Å². The third kappa shape index (κ3) is 2.99. The second kappa shape index (κ2) is 6.62. The van der Waals surface area contributed by atoms with E-state index in [1.165, 1.54) is 17.7 Å². The molecule has 0 radical (unpaired) electrons. The van der Waals surface area contributed by atoms with Gasteiger partial charge in [0.1, 0.15) is 5.02 Å². The number of nitro benzene ring substituents is 1. The summed E-state index contributed by atoms with van der Waals surface area (Å²) in [7, 11) is 2.10. The van der Waals surface area contributed by atoms with Crippen LogP contribution in [-0.2, 0) is 0 Å². The summed E-state index contributed by atoms with van der Waals surface area (Å²) in [4.78, 5) is 28.1. The van der Waals surface area contributed by atoms with E-state index < -0.39 is 4.92 Å². The monoisotopic (exact) mass is 385 g/mol. The van der Waals surface area contributed by atoms with Crippen molar-refractivity contribution in [3.8, 4) is 0 Å². The van der Waals surface area contributed by atoms with E-state index in [1.807, 2.05) is 17.0 Å². The molecule has 0 aromatic heterocycles. The van der Waals surface area contributed by atoms with E-state index in [2.05, 4.69) is 24.9 Å². The zero-order valence-corrected chi connectivity index (χ0v) is 15.9. The third-order valence-electron chi connectivity index (χ3n) is 5.56. The van der Waals surface area contributed by atoms with E-state index in [0.717, 1.165) is 30.8 Å². The topological polar surface area (TPSA) is 66.7 Å². The van der Waals surface area contributed by atoms with Gasteiger partial charge in [-0.3, -0.25) is 14.9 Å². The Balaban J connectivity index is 1.78. The first-order valence-corrected chi connectivity index (χ1v) is 9.31. The number of hydrogen-bond acceptors (Lipinski definition) is 4. The van der Waals surface area contributed by atoms with Crippen molar-refractivity contribution in [2.24, 2.45) is 0 Å². The van der Waals surface area contributed by atoms with Gasteiger partial charge in [0, 0.05) is 35.8 Å². The third-order valence-corrected chi connectivity index (χ3v) is 5.88. The van der Waals surface area contributed by atoms with E-state index in [9.17, 15) is 14.9 Å². The first-order valence-electron chi connectivity index (χ1n) is 8.93. The van der Waals surface area contributed by atoms with Crippen LogP contribution in [0.1, 0.15) is 33.8 Å². The number of amides is 1. The van der Waals surface area contributed by atoms with E-state index in [4.69, 9.17) is 11.6 Å². The van der Waals surface area contributed by atoms with E-state index in [1.54, 1.807) is 6.07 Å². The summed E-state index contributed by atoms with van der Waals surface area (Å²) in [6, 6.07) is 10.5. The number of aryl methyl sites for hydroxylation is 1. The molecule has 0 aliphatic carbocycles. The van der Waals surface area contributed by atoms with Gasteiger partial charge in [-0.15, -0.1) is 0 Å². The maximum atomic E-state index is 13.4. The molecule has 2 atom stereocenters. The Bertz CT molecular complexity index is 946. The number of likely N-dealkylation sites (tertiary alicyclic amines) is 1. The Morgan fingerprint density at radius 2 is 2.04 bits per heavy atom. The van der Waals surface area contributed by atoms with Crippen LogP contribution in [0.5, 0.6) is 0 Å². The number of benzene rings is 2. The Labute approximate surface area is 162 Å². The SMILES string of the molecule is Cc1ccc2c(c1)[C@@H]1CN(C)CC[C@H]1N2C(=O)c1ccc(Cl)c([N+](=O)[O-])c1. The van der Waals surface area contributed by atoms with Crippen LogP contribution in [0.3, 0.4) is 0 Å². The van der Waals surface area contributed by atoms with Crippen LogP contribution in [0.2, 0.25) is 5.02 Å². The fourth-order valence-electron chi connectivity index (χ4n) is 4.27. The summed E-state index contributed by atoms with van der Waals surface area (Å²) in [5.41, 5.74) is 3.30. The molecule has 7 heteroatoms. The maximum absolute atomic E-state index is 13.4. The summed E-state index contributed by atoms with van der Waals surface area (Å²) in [6.45, 7) is 3.86. The highest BCUT2D eigenvalue weighted by Gasteiger charge is 2.44. The van der Waals surface area contributed by atoms with Gasteiger partial charge in [0.05, 0.1) is 4.92 Å². The summed E-state index contributed by atoms with van der Waals surface area (Å²) in [5, 5.41) is 11.2. The smallest absolute Gasteiger partial charge is 0.288 e. The standard InChI is InChI=1S/C20H20ClN3O3/c1-12-3-6-17-14(9-12)15-11-22(2)8-7-18(15)23(17)20(25)13-4-5-16(21)19(10-13)24(26)27/h3-6,9-10,15,18H,7-8,11H2,1-2H3/t15-,18+/m0/s1. The molecule has 0 bridgehead atoms. The molecule has 0 saturated carbocycles. The van der Waals surface area contributed by atoms with Crippen molar-refractivity contribution >= 4 is 28.9 Å². The normalized spacial score (nSPS) is 21.7.